The monoisotopic (exact) mass is 448 g/mol. The SMILES string of the molecule is Cc1c(Cc2cnc(C(C)(C)C)cn2)cccc1[C@@]1(C)CC(=N)N(C2CCOCC2)C(=O)C1. The van der Waals surface area contributed by atoms with Crippen LogP contribution in [-0.2, 0) is 26.8 Å². The van der Waals surface area contributed by atoms with Crippen LogP contribution in [0.1, 0.15) is 81.5 Å². The molecule has 0 saturated carbocycles. The van der Waals surface area contributed by atoms with E-state index in [-0.39, 0.29) is 22.8 Å². The molecule has 2 fully saturated rings. The second kappa shape index (κ2) is 8.98. The predicted octanol–water partition coefficient (Wildman–Crippen LogP) is 4.71. The van der Waals surface area contributed by atoms with Gasteiger partial charge in [-0.3, -0.25) is 25.1 Å². The van der Waals surface area contributed by atoms with Crippen LogP contribution in [0.4, 0.5) is 0 Å². The molecule has 33 heavy (non-hydrogen) atoms. The zero-order valence-corrected chi connectivity index (χ0v) is 20.6. The van der Waals surface area contributed by atoms with Crippen molar-refractivity contribution in [2.24, 2.45) is 0 Å². The molecule has 3 heterocycles. The Labute approximate surface area is 197 Å². The molecule has 1 aromatic carbocycles. The van der Waals surface area contributed by atoms with Gasteiger partial charge >= 0.3 is 0 Å². The molecule has 6 nitrogen and oxygen atoms in total. The summed E-state index contributed by atoms with van der Waals surface area (Å²) in [4.78, 5) is 24.2. The quantitative estimate of drug-likeness (QED) is 0.735. The summed E-state index contributed by atoms with van der Waals surface area (Å²) >= 11 is 0. The van der Waals surface area contributed by atoms with Crippen LogP contribution in [0.3, 0.4) is 0 Å². The highest BCUT2D eigenvalue weighted by Gasteiger charge is 2.43. The Morgan fingerprint density at radius 3 is 2.48 bits per heavy atom. The van der Waals surface area contributed by atoms with E-state index >= 15 is 0 Å². The molecule has 0 radical (unpaired) electrons. The first-order valence-electron chi connectivity index (χ1n) is 12.0. The number of aromatic nitrogens is 2. The van der Waals surface area contributed by atoms with Gasteiger partial charge in [-0.2, -0.15) is 0 Å². The summed E-state index contributed by atoms with van der Waals surface area (Å²) in [5.41, 5.74) is 5.05. The fraction of sp³-hybridized carbons (Fsp3) is 0.556. The zero-order chi connectivity index (χ0) is 23.8. The Morgan fingerprint density at radius 1 is 1.15 bits per heavy atom. The number of piperidine rings is 1. The maximum atomic E-state index is 13.2. The van der Waals surface area contributed by atoms with Crippen molar-refractivity contribution in [3.63, 3.8) is 0 Å². The molecule has 6 heteroatoms. The molecule has 1 N–H and O–H groups in total. The number of amidine groups is 1. The van der Waals surface area contributed by atoms with Crippen molar-refractivity contribution < 1.29 is 9.53 Å². The number of carbonyl (C=O) groups is 1. The van der Waals surface area contributed by atoms with Crippen molar-refractivity contribution >= 4 is 11.7 Å². The number of hydrogen-bond donors (Lipinski definition) is 1. The van der Waals surface area contributed by atoms with Crippen LogP contribution < -0.4 is 0 Å². The summed E-state index contributed by atoms with van der Waals surface area (Å²) in [5.74, 6) is 0.503. The molecule has 1 aromatic heterocycles. The van der Waals surface area contributed by atoms with Gasteiger partial charge in [0.1, 0.15) is 5.84 Å². The van der Waals surface area contributed by atoms with E-state index < -0.39 is 0 Å². The van der Waals surface area contributed by atoms with E-state index in [2.05, 4.69) is 62.8 Å². The number of rotatable bonds is 4. The molecule has 2 aliphatic rings. The predicted molar refractivity (Wildman–Crippen MR) is 130 cm³/mol. The summed E-state index contributed by atoms with van der Waals surface area (Å²) in [6, 6.07) is 6.42. The second-order valence-corrected chi connectivity index (χ2v) is 10.9. The topological polar surface area (TPSA) is 79.2 Å². The highest BCUT2D eigenvalue weighted by molar-refractivity contribution is 6.01. The number of hydrogen-bond acceptors (Lipinski definition) is 5. The Kier molecular flexibility index (Phi) is 6.41. The second-order valence-electron chi connectivity index (χ2n) is 10.9. The van der Waals surface area contributed by atoms with Crippen LogP contribution in [-0.4, -0.2) is 45.9 Å². The number of amides is 1. The molecule has 0 unspecified atom stereocenters. The van der Waals surface area contributed by atoms with Gasteiger partial charge in [0, 0.05) is 61.7 Å². The fourth-order valence-corrected chi connectivity index (χ4v) is 5.20. The highest BCUT2D eigenvalue weighted by Crippen LogP contribution is 2.40. The van der Waals surface area contributed by atoms with Gasteiger partial charge in [-0.25, -0.2) is 0 Å². The minimum Gasteiger partial charge on any atom is -0.381 e. The lowest BCUT2D eigenvalue weighted by Crippen LogP contribution is -2.54. The van der Waals surface area contributed by atoms with Gasteiger partial charge in [-0.15, -0.1) is 0 Å². The van der Waals surface area contributed by atoms with Gasteiger partial charge in [-0.1, -0.05) is 45.9 Å². The van der Waals surface area contributed by atoms with E-state index in [0.717, 1.165) is 29.8 Å². The molecule has 2 aliphatic heterocycles. The maximum Gasteiger partial charge on any atom is 0.229 e. The van der Waals surface area contributed by atoms with Gasteiger partial charge in [0.15, 0.2) is 0 Å². The van der Waals surface area contributed by atoms with Gasteiger partial charge in [0.2, 0.25) is 5.91 Å². The van der Waals surface area contributed by atoms with E-state index in [1.54, 1.807) is 4.90 Å². The van der Waals surface area contributed by atoms with Gasteiger partial charge in [-0.05, 0) is 36.5 Å². The zero-order valence-electron chi connectivity index (χ0n) is 20.6. The third kappa shape index (κ3) is 4.86. The molecular weight excluding hydrogens is 412 g/mol. The Morgan fingerprint density at radius 2 is 1.88 bits per heavy atom. The number of nitrogens with one attached hydrogen (secondary N) is 1. The van der Waals surface area contributed by atoms with Crippen molar-refractivity contribution in [2.45, 2.75) is 83.6 Å². The van der Waals surface area contributed by atoms with Crippen LogP contribution in [0.25, 0.3) is 0 Å². The molecule has 2 saturated heterocycles. The van der Waals surface area contributed by atoms with E-state index in [9.17, 15) is 4.79 Å². The minimum absolute atomic E-state index is 0.0214. The van der Waals surface area contributed by atoms with Gasteiger partial charge in [0.05, 0.1) is 11.4 Å². The molecule has 0 aliphatic carbocycles. The van der Waals surface area contributed by atoms with E-state index in [4.69, 9.17) is 10.1 Å². The summed E-state index contributed by atoms with van der Waals surface area (Å²) in [5, 5.41) is 8.74. The first-order chi connectivity index (χ1) is 15.6. The Balaban J connectivity index is 1.55. The molecule has 1 atom stereocenters. The standard InChI is InChI=1S/C27H36N4O2/c1-18-19(13-20-16-30-23(17-29-20)26(2,3)4)7-6-8-22(18)27(5)14-24(28)31(25(32)15-27)21-9-11-33-12-10-21/h6-8,16-17,21,28H,9-15H2,1-5H3/t27-/m0/s1. The average molecular weight is 449 g/mol. The van der Waals surface area contributed by atoms with Crippen molar-refractivity contribution in [1.82, 2.24) is 14.9 Å². The molecule has 0 bridgehead atoms. The van der Waals surface area contributed by atoms with Crippen molar-refractivity contribution in [2.75, 3.05) is 13.2 Å². The maximum absolute atomic E-state index is 13.2. The first-order valence-corrected chi connectivity index (χ1v) is 12.0. The molecular formula is C27H36N4O2. The van der Waals surface area contributed by atoms with E-state index in [1.165, 1.54) is 11.1 Å². The summed E-state index contributed by atoms with van der Waals surface area (Å²) in [6.45, 7) is 12.0. The van der Waals surface area contributed by atoms with Gasteiger partial charge in [0.25, 0.3) is 0 Å². The molecule has 176 valence electrons. The number of carbonyl (C=O) groups excluding carboxylic acids is 1. The van der Waals surface area contributed by atoms with Crippen molar-refractivity contribution in [3.8, 4) is 0 Å². The third-order valence-electron chi connectivity index (χ3n) is 7.16. The summed E-state index contributed by atoms with van der Waals surface area (Å²) in [6.07, 6.45) is 7.08. The average Bonchev–Trinajstić information content (AvgIpc) is 2.75. The number of benzene rings is 1. The van der Waals surface area contributed by atoms with Crippen LogP contribution in [0, 0.1) is 12.3 Å². The number of likely N-dealkylation sites (tertiary alicyclic amines) is 1. The normalized spacial score (nSPS) is 22.6. The highest BCUT2D eigenvalue weighted by atomic mass is 16.5. The van der Waals surface area contributed by atoms with Crippen LogP contribution in [0.2, 0.25) is 0 Å². The molecule has 2 aromatic rings. The summed E-state index contributed by atoms with van der Waals surface area (Å²) in [7, 11) is 0. The molecule has 1 amide bonds. The summed E-state index contributed by atoms with van der Waals surface area (Å²) < 4.78 is 5.45. The lowest BCUT2D eigenvalue weighted by molar-refractivity contribution is -0.133. The lowest BCUT2D eigenvalue weighted by Gasteiger charge is -2.44. The smallest absolute Gasteiger partial charge is 0.229 e. The first kappa shape index (κ1) is 23.6. The minimum atomic E-state index is -0.377. The van der Waals surface area contributed by atoms with Crippen molar-refractivity contribution in [1.29, 1.82) is 5.41 Å². The Hall–Kier alpha value is -2.60. The largest absolute Gasteiger partial charge is 0.381 e. The van der Waals surface area contributed by atoms with Crippen molar-refractivity contribution in [3.05, 3.63) is 58.7 Å². The fourth-order valence-electron chi connectivity index (χ4n) is 5.20. The number of nitrogens with zero attached hydrogens (tertiary/aromatic N) is 3. The molecule has 0 spiro atoms. The Bertz CT molecular complexity index is 1020. The molecule has 4 rings (SSSR count). The van der Waals surface area contributed by atoms with Gasteiger partial charge < -0.3 is 4.74 Å². The van der Waals surface area contributed by atoms with Crippen LogP contribution in [0.5, 0.6) is 0 Å². The lowest BCUT2D eigenvalue weighted by atomic mass is 9.71. The van der Waals surface area contributed by atoms with Crippen LogP contribution >= 0.6 is 0 Å². The van der Waals surface area contributed by atoms with E-state index in [0.29, 0.717) is 38.3 Å². The number of ether oxygens (including phenoxy) is 1. The van der Waals surface area contributed by atoms with E-state index in [1.807, 2.05) is 12.4 Å². The third-order valence-corrected chi connectivity index (χ3v) is 7.16. The van der Waals surface area contributed by atoms with Crippen LogP contribution in [0.15, 0.2) is 30.6 Å².